The van der Waals surface area contributed by atoms with E-state index in [1.165, 1.54) is 11.1 Å². The summed E-state index contributed by atoms with van der Waals surface area (Å²) in [6.45, 7) is 2.68. The minimum Gasteiger partial charge on any atom is -0.481 e. The van der Waals surface area contributed by atoms with Gasteiger partial charge in [-0.2, -0.15) is 0 Å². The molecule has 31 heavy (non-hydrogen) atoms. The molecular formula is C28H26O3. The summed E-state index contributed by atoms with van der Waals surface area (Å²) in [6.07, 6.45) is 2.95. The standard InChI is InChI=1S/C28H26O3/c1-2-24-18-23(19-27(29)30)9-13-25(24)12-8-21-10-14-26(15-11-21)28(16-17-28)31-20-22-6-4-3-5-7-22/h3-7,9-11,13-15,18H,2,16-17,19-20H2,1H3,(H,29,30). The number of aryl methyl sites for hydroxylation is 1. The van der Waals surface area contributed by atoms with E-state index >= 15 is 0 Å². The molecule has 3 aromatic rings. The first-order valence-electron chi connectivity index (χ1n) is 10.7. The van der Waals surface area contributed by atoms with E-state index in [1.807, 2.05) is 36.4 Å². The summed E-state index contributed by atoms with van der Waals surface area (Å²) in [5, 5.41) is 8.99. The number of aliphatic carboxylic acids is 1. The van der Waals surface area contributed by atoms with Gasteiger partial charge in [-0.1, -0.05) is 73.4 Å². The number of rotatable bonds is 7. The Hall–Kier alpha value is -3.35. The molecule has 0 atom stereocenters. The molecule has 0 amide bonds. The van der Waals surface area contributed by atoms with Gasteiger partial charge in [-0.15, -0.1) is 0 Å². The van der Waals surface area contributed by atoms with Crippen molar-refractivity contribution in [2.45, 2.75) is 44.8 Å². The first-order chi connectivity index (χ1) is 15.1. The highest BCUT2D eigenvalue weighted by Gasteiger charge is 2.45. The Morgan fingerprint density at radius 3 is 2.35 bits per heavy atom. The van der Waals surface area contributed by atoms with Gasteiger partial charge in [0.1, 0.15) is 0 Å². The summed E-state index contributed by atoms with van der Waals surface area (Å²) in [7, 11) is 0. The maximum Gasteiger partial charge on any atom is 0.307 e. The second kappa shape index (κ2) is 9.20. The van der Waals surface area contributed by atoms with Crippen LogP contribution in [0, 0.1) is 11.8 Å². The Labute approximate surface area is 183 Å². The third-order valence-electron chi connectivity index (χ3n) is 5.72. The summed E-state index contributed by atoms with van der Waals surface area (Å²) < 4.78 is 6.27. The van der Waals surface area contributed by atoms with E-state index in [0.717, 1.165) is 41.5 Å². The Bertz CT molecular complexity index is 1110. The van der Waals surface area contributed by atoms with Crippen molar-refractivity contribution in [2.75, 3.05) is 0 Å². The van der Waals surface area contributed by atoms with Crippen LogP contribution in [0.2, 0.25) is 0 Å². The van der Waals surface area contributed by atoms with E-state index in [0.29, 0.717) is 6.61 Å². The van der Waals surface area contributed by atoms with Crippen molar-refractivity contribution in [3.63, 3.8) is 0 Å². The molecule has 1 N–H and O–H groups in total. The molecule has 1 aliphatic carbocycles. The zero-order valence-corrected chi connectivity index (χ0v) is 17.7. The lowest BCUT2D eigenvalue weighted by molar-refractivity contribution is -0.136. The maximum atomic E-state index is 10.9. The van der Waals surface area contributed by atoms with Gasteiger partial charge in [-0.25, -0.2) is 0 Å². The number of carboxylic acids is 1. The van der Waals surface area contributed by atoms with Crippen molar-refractivity contribution in [2.24, 2.45) is 0 Å². The lowest BCUT2D eigenvalue weighted by Crippen LogP contribution is -2.11. The van der Waals surface area contributed by atoms with E-state index in [9.17, 15) is 4.79 Å². The number of ether oxygens (including phenoxy) is 1. The molecule has 0 aromatic heterocycles. The average Bonchev–Trinajstić information content (AvgIpc) is 3.58. The Morgan fingerprint density at radius 1 is 0.968 bits per heavy atom. The molecule has 0 saturated heterocycles. The van der Waals surface area contributed by atoms with Crippen molar-refractivity contribution >= 4 is 5.97 Å². The quantitative estimate of drug-likeness (QED) is 0.525. The van der Waals surface area contributed by atoms with Crippen LogP contribution in [-0.2, 0) is 34.6 Å². The molecule has 0 bridgehead atoms. The summed E-state index contributed by atoms with van der Waals surface area (Å²) in [5.41, 5.74) is 6.04. The van der Waals surface area contributed by atoms with Crippen LogP contribution in [0.15, 0.2) is 72.8 Å². The smallest absolute Gasteiger partial charge is 0.307 e. The van der Waals surface area contributed by atoms with Gasteiger partial charge in [0.05, 0.1) is 18.6 Å². The molecular weight excluding hydrogens is 384 g/mol. The first-order valence-corrected chi connectivity index (χ1v) is 10.7. The maximum absolute atomic E-state index is 10.9. The number of carboxylic acid groups (broad SMARTS) is 1. The fourth-order valence-electron chi connectivity index (χ4n) is 3.77. The summed E-state index contributed by atoms with van der Waals surface area (Å²) in [5.74, 6) is 5.68. The Kier molecular flexibility index (Phi) is 6.21. The third-order valence-corrected chi connectivity index (χ3v) is 5.72. The highest BCUT2D eigenvalue weighted by molar-refractivity contribution is 5.70. The van der Waals surface area contributed by atoms with Crippen LogP contribution in [0.1, 0.15) is 53.1 Å². The lowest BCUT2D eigenvalue weighted by Gasteiger charge is -2.17. The predicted octanol–water partition coefficient (Wildman–Crippen LogP) is 5.48. The monoisotopic (exact) mass is 410 g/mol. The molecule has 0 spiro atoms. The molecule has 1 fully saturated rings. The van der Waals surface area contributed by atoms with Crippen LogP contribution < -0.4 is 0 Å². The largest absolute Gasteiger partial charge is 0.481 e. The molecule has 0 radical (unpaired) electrons. The van der Waals surface area contributed by atoms with Crippen LogP contribution in [0.4, 0.5) is 0 Å². The molecule has 4 rings (SSSR count). The van der Waals surface area contributed by atoms with Crippen molar-refractivity contribution < 1.29 is 14.6 Å². The van der Waals surface area contributed by atoms with E-state index in [2.05, 4.69) is 55.2 Å². The van der Waals surface area contributed by atoms with Crippen molar-refractivity contribution in [3.8, 4) is 11.8 Å². The zero-order valence-electron chi connectivity index (χ0n) is 17.7. The van der Waals surface area contributed by atoms with Crippen molar-refractivity contribution in [1.82, 2.24) is 0 Å². The molecule has 3 aromatic carbocycles. The molecule has 156 valence electrons. The molecule has 1 saturated carbocycles. The van der Waals surface area contributed by atoms with Gasteiger partial charge in [0, 0.05) is 11.1 Å². The van der Waals surface area contributed by atoms with E-state index < -0.39 is 5.97 Å². The van der Waals surface area contributed by atoms with E-state index in [-0.39, 0.29) is 12.0 Å². The molecule has 0 aliphatic heterocycles. The second-order valence-electron chi connectivity index (χ2n) is 8.01. The van der Waals surface area contributed by atoms with Gasteiger partial charge >= 0.3 is 5.97 Å². The molecule has 0 unspecified atom stereocenters. The molecule has 3 heteroatoms. The topological polar surface area (TPSA) is 46.5 Å². The Balaban J connectivity index is 1.45. The van der Waals surface area contributed by atoms with E-state index in [4.69, 9.17) is 9.84 Å². The van der Waals surface area contributed by atoms with Gasteiger partial charge < -0.3 is 9.84 Å². The Morgan fingerprint density at radius 2 is 1.71 bits per heavy atom. The fraction of sp³-hybridized carbons (Fsp3) is 0.250. The second-order valence-corrected chi connectivity index (χ2v) is 8.01. The third kappa shape index (κ3) is 5.23. The van der Waals surface area contributed by atoms with Gasteiger partial charge in [0.15, 0.2) is 0 Å². The number of hydrogen-bond acceptors (Lipinski definition) is 2. The van der Waals surface area contributed by atoms with Gasteiger partial charge in [-0.05, 0) is 59.7 Å². The summed E-state index contributed by atoms with van der Waals surface area (Å²) in [6, 6.07) is 24.4. The van der Waals surface area contributed by atoms with Crippen LogP contribution in [-0.4, -0.2) is 11.1 Å². The van der Waals surface area contributed by atoms with Crippen LogP contribution in [0.5, 0.6) is 0 Å². The van der Waals surface area contributed by atoms with Crippen molar-refractivity contribution in [3.05, 3.63) is 106 Å². The van der Waals surface area contributed by atoms with Gasteiger partial charge in [-0.3, -0.25) is 4.79 Å². The predicted molar refractivity (Wildman–Crippen MR) is 122 cm³/mol. The van der Waals surface area contributed by atoms with Crippen LogP contribution in [0.25, 0.3) is 0 Å². The highest BCUT2D eigenvalue weighted by Crippen LogP contribution is 2.49. The number of hydrogen-bond donors (Lipinski definition) is 1. The molecule has 3 nitrogen and oxygen atoms in total. The van der Waals surface area contributed by atoms with Crippen molar-refractivity contribution in [1.29, 1.82) is 0 Å². The minimum absolute atomic E-state index is 0.0380. The normalized spacial score (nSPS) is 13.8. The minimum atomic E-state index is -0.817. The number of carbonyl (C=O) groups is 1. The van der Waals surface area contributed by atoms with E-state index in [1.54, 1.807) is 0 Å². The first kappa shape index (κ1) is 20.9. The van der Waals surface area contributed by atoms with Gasteiger partial charge in [0.2, 0.25) is 0 Å². The van der Waals surface area contributed by atoms with Crippen LogP contribution in [0.3, 0.4) is 0 Å². The van der Waals surface area contributed by atoms with Gasteiger partial charge in [0.25, 0.3) is 0 Å². The molecule has 1 aliphatic rings. The highest BCUT2D eigenvalue weighted by atomic mass is 16.5. The fourth-order valence-corrected chi connectivity index (χ4v) is 3.77. The molecule has 0 heterocycles. The number of benzene rings is 3. The lowest BCUT2D eigenvalue weighted by atomic mass is 10.00. The summed E-state index contributed by atoms with van der Waals surface area (Å²) in [4.78, 5) is 10.9. The SMILES string of the molecule is CCc1cc(CC(=O)O)ccc1C#Cc1ccc(C2(OCc3ccccc3)CC2)cc1. The summed E-state index contributed by atoms with van der Waals surface area (Å²) >= 11 is 0. The zero-order chi connectivity index (χ0) is 21.7. The van der Waals surface area contributed by atoms with Crippen LogP contribution >= 0.6 is 0 Å². The average molecular weight is 411 g/mol.